The maximum atomic E-state index is 12.2. The molecule has 3 unspecified atom stereocenters. The fraction of sp³-hybridized carbons (Fsp3) is 1.00. The van der Waals surface area contributed by atoms with Crippen LogP contribution in [0.25, 0.3) is 0 Å². The minimum absolute atomic E-state index is 0.141. The van der Waals surface area contributed by atoms with Crippen molar-refractivity contribution in [2.75, 3.05) is 18.8 Å². The molecule has 0 heterocycles. The summed E-state index contributed by atoms with van der Waals surface area (Å²) in [5, 5.41) is 3.44. The molecule has 1 fully saturated rings. The molecular weight excluding hydrogens is 280 g/mol. The first kappa shape index (κ1) is 17.3. The van der Waals surface area contributed by atoms with E-state index in [1.165, 1.54) is 0 Å². The van der Waals surface area contributed by atoms with E-state index in [2.05, 4.69) is 23.9 Å². The van der Waals surface area contributed by atoms with Crippen LogP contribution in [0.1, 0.15) is 46.5 Å². The summed E-state index contributed by atoms with van der Waals surface area (Å²) in [6, 6.07) is 0.141. The van der Waals surface area contributed by atoms with Crippen molar-refractivity contribution in [3.8, 4) is 0 Å². The van der Waals surface area contributed by atoms with Crippen molar-refractivity contribution in [2.45, 2.75) is 63.0 Å². The van der Waals surface area contributed by atoms with Gasteiger partial charge in [0.25, 0.3) is 0 Å². The van der Waals surface area contributed by atoms with Crippen LogP contribution in [-0.2, 0) is 10.0 Å². The highest BCUT2D eigenvalue weighted by atomic mass is 32.2. The van der Waals surface area contributed by atoms with Gasteiger partial charge in [-0.15, -0.1) is 0 Å². The van der Waals surface area contributed by atoms with Crippen molar-refractivity contribution in [3.63, 3.8) is 0 Å². The van der Waals surface area contributed by atoms with Gasteiger partial charge in [0, 0.05) is 17.8 Å². The molecule has 0 aromatic rings. The van der Waals surface area contributed by atoms with E-state index in [0.29, 0.717) is 11.8 Å². The maximum absolute atomic E-state index is 12.2. The second-order valence-corrected chi connectivity index (χ2v) is 8.97. The summed E-state index contributed by atoms with van der Waals surface area (Å²) >= 11 is 1.95. The van der Waals surface area contributed by atoms with Gasteiger partial charge in [-0.1, -0.05) is 13.8 Å². The third-order valence-electron chi connectivity index (χ3n) is 3.51. The Kier molecular flexibility index (Phi) is 7.72. The highest BCUT2D eigenvalue weighted by molar-refractivity contribution is 7.99. The van der Waals surface area contributed by atoms with Crippen LogP contribution in [0.15, 0.2) is 0 Å². The predicted molar refractivity (Wildman–Crippen MR) is 84.2 cm³/mol. The van der Waals surface area contributed by atoms with Crippen LogP contribution >= 0.6 is 11.8 Å². The molecule has 3 atom stereocenters. The molecular formula is C13H28N2O2S2. The topological polar surface area (TPSA) is 58.2 Å². The van der Waals surface area contributed by atoms with Gasteiger partial charge in [-0.05, 0) is 44.9 Å². The number of hydrogen-bond acceptors (Lipinski definition) is 4. The molecule has 19 heavy (non-hydrogen) atoms. The summed E-state index contributed by atoms with van der Waals surface area (Å²) in [6.45, 7) is 7.41. The number of rotatable bonds is 9. The highest BCUT2D eigenvalue weighted by Crippen LogP contribution is 2.30. The predicted octanol–water partition coefficient (Wildman–Crippen LogP) is 1.97. The van der Waals surface area contributed by atoms with Gasteiger partial charge < -0.3 is 5.32 Å². The van der Waals surface area contributed by atoms with Crippen LogP contribution in [0.5, 0.6) is 0 Å². The maximum Gasteiger partial charge on any atom is 0.215 e. The largest absolute Gasteiger partial charge is 0.315 e. The summed E-state index contributed by atoms with van der Waals surface area (Å²) in [6.07, 6.45) is 4.12. The highest BCUT2D eigenvalue weighted by Gasteiger charge is 2.30. The molecule has 0 amide bonds. The van der Waals surface area contributed by atoms with E-state index in [4.69, 9.17) is 0 Å². The van der Waals surface area contributed by atoms with Crippen molar-refractivity contribution in [2.24, 2.45) is 0 Å². The Hall–Kier alpha value is 0.220. The van der Waals surface area contributed by atoms with Crippen molar-refractivity contribution >= 4 is 21.8 Å². The van der Waals surface area contributed by atoms with Crippen molar-refractivity contribution in [1.29, 1.82) is 0 Å². The second-order valence-electron chi connectivity index (χ2n) is 5.26. The molecule has 1 aliphatic carbocycles. The quantitative estimate of drug-likeness (QED) is 0.639. The van der Waals surface area contributed by atoms with E-state index >= 15 is 0 Å². The molecule has 1 aliphatic rings. The van der Waals surface area contributed by atoms with Crippen molar-refractivity contribution in [3.05, 3.63) is 0 Å². The van der Waals surface area contributed by atoms with Crippen LogP contribution in [-0.4, -0.2) is 43.8 Å². The molecule has 0 saturated heterocycles. The van der Waals surface area contributed by atoms with Gasteiger partial charge >= 0.3 is 0 Å². The molecule has 4 nitrogen and oxygen atoms in total. The summed E-state index contributed by atoms with van der Waals surface area (Å²) in [4.78, 5) is 0. The first-order valence-corrected chi connectivity index (χ1v) is 9.92. The lowest BCUT2D eigenvalue weighted by molar-refractivity contribution is 0.533. The third kappa shape index (κ3) is 6.02. The van der Waals surface area contributed by atoms with Gasteiger partial charge in [-0.25, -0.2) is 13.1 Å². The Labute approximate surface area is 122 Å². The van der Waals surface area contributed by atoms with Gasteiger partial charge in [-0.2, -0.15) is 11.8 Å². The van der Waals surface area contributed by atoms with E-state index in [1.807, 2.05) is 11.8 Å². The van der Waals surface area contributed by atoms with Crippen LogP contribution in [0.2, 0.25) is 0 Å². The van der Waals surface area contributed by atoms with Crippen molar-refractivity contribution in [1.82, 2.24) is 10.0 Å². The molecule has 6 heteroatoms. The molecule has 0 aliphatic heterocycles. The number of thioether (sulfide) groups is 1. The smallest absolute Gasteiger partial charge is 0.215 e. The molecule has 114 valence electrons. The van der Waals surface area contributed by atoms with Gasteiger partial charge in [0.2, 0.25) is 10.0 Å². The molecule has 0 radical (unpaired) electrons. The van der Waals surface area contributed by atoms with Gasteiger partial charge in [0.15, 0.2) is 0 Å². The van der Waals surface area contributed by atoms with Crippen LogP contribution in [0, 0.1) is 0 Å². The zero-order valence-electron chi connectivity index (χ0n) is 12.3. The van der Waals surface area contributed by atoms with Crippen molar-refractivity contribution < 1.29 is 8.42 Å². The monoisotopic (exact) mass is 308 g/mol. The second kappa shape index (κ2) is 8.49. The van der Waals surface area contributed by atoms with E-state index in [9.17, 15) is 8.42 Å². The molecule has 1 saturated carbocycles. The Bertz CT molecular complexity index is 347. The van der Waals surface area contributed by atoms with E-state index in [0.717, 1.165) is 38.0 Å². The first-order chi connectivity index (χ1) is 8.99. The van der Waals surface area contributed by atoms with Crippen LogP contribution in [0.4, 0.5) is 0 Å². The number of sulfonamides is 1. The summed E-state index contributed by atoms with van der Waals surface area (Å²) in [5.74, 6) is 1.11. The third-order valence-corrected chi connectivity index (χ3v) is 6.63. The molecule has 1 rings (SSSR count). The SMILES string of the molecule is CCCNCC(C)S(=O)(=O)NC1CCC(SCC)C1. The standard InChI is InChI=1S/C13H28N2O2S2/c1-4-8-14-10-11(3)19(16,17)15-12-6-7-13(9-12)18-5-2/h11-15H,4-10H2,1-3H3. The van der Waals surface area contributed by atoms with E-state index in [1.54, 1.807) is 6.92 Å². The average Bonchev–Trinajstić information content (AvgIpc) is 2.76. The Morgan fingerprint density at radius 3 is 2.68 bits per heavy atom. The first-order valence-electron chi connectivity index (χ1n) is 7.33. The minimum atomic E-state index is -3.18. The normalized spacial score (nSPS) is 25.6. The summed E-state index contributed by atoms with van der Waals surface area (Å²) in [5.41, 5.74) is 0. The Morgan fingerprint density at radius 2 is 2.05 bits per heavy atom. The summed E-state index contributed by atoms with van der Waals surface area (Å²) < 4.78 is 27.3. The average molecular weight is 309 g/mol. The lowest BCUT2D eigenvalue weighted by atomic mass is 10.3. The minimum Gasteiger partial charge on any atom is -0.315 e. The molecule has 0 spiro atoms. The fourth-order valence-electron chi connectivity index (χ4n) is 2.37. The number of hydrogen-bond donors (Lipinski definition) is 2. The lowest BCUT2D eigenvalue weighted by Gasteiger charge is -2.18. The Balaban J connectivity index is 2.38. The number of nitrogens with one attached hydrogen (secondary N) is 2. The molecule has 0 aromatic heterocycles. The van der Waals surface area contributed by atoms with Gasteiger partial charge in [0.05, 0.1) is 5.25 Å². The zero-order valence-corrected chi connectivity index (χ0v) is 13.9. The molecule has 0 aromatic carbocycles. The molecule has 2 N–H and O–H groups in total. The van der Waals surface area contributed by atoms with E-state index in [-0.39, 0.29) is 11.3 Å². The molecule has 0 bridgehead atoms. The van der Waals surface area contributed by atoms with Gasteiger partial charge in [0.1, 0.15) is 0 Å². The Morgan fingerprint density at radius 1 is 1.32 bits per heavy atom. The van der Waals surface area contributed by atoms with E-state index < -0.39 is 10.0 Å². The van der Waals surface area contributed by atoms with Crippen LogP contribution < -0.4 is 10.0 Å². The lowest BCUT2D eigenvalue weighted by Crippen LogP contribution is -2.43. The fourth-order valence-corrected chi connectivity index (χ4v) is 4.77. The zero-order chi connectivity index (χ0) is 14.3. The van der Waals surface area contributed by atoms with Crippen LogP contribution in [0.3, 0.4) is 0 Å². The van der Waals surface area contributed by atoms with Gasteiger partial charge in [-0.3, -0.25) is 0 Å². The summed E-state index contributed by atoms with van der Waals surface area (Å²) in [7, 11) is -3.18.